The van der Waals surface area contributed by atoms with Gasteiger partial charge in [-0.1, -0.05) is 26.2 Å². The van der Waals surface area contributed by atoms with Crippen molar-refractivity contribution in [3.8, 4) is 0 Å². The molecule has 0 spiro atoms. The minimum atomic E-state index is -0.680. The minimum absolute atomic E-state index is 0.261. The zero-order valence-corrected chi connectivity index (χ0v) is 8.26. The first kappa shape index (κ1) is 11.9. The first-order valence-electron chi connectivity index (χ1n) is 4.58. The molecule has 0 aliphatic carbocycles. The van der Waals surface area contributed by atoms with Gasteiger partial charge in [0.05, 0.1) is 7.11 Å². The predicted octanol–water partition coefficient (Wildman–Crippen LogP) is 1.84. The Kier molecular flexibility index (Phi) is 6.96. The van der Waals surface area contributed by atoms with Gasteiger partial charge in [0.25, 0.3) is 0 Å². The maximum atomic E-state index is 11.0. The van der Waals surface area contributed by atoms with Gasteiger partial charge in [0.1, 0.15) is 0 Å². The van der Waals surface area contributed by atoms with E-state index < -0.39 is 6.09 Å². The van der Waals surface area contributed by atoms with Crippen LogP contribution in [0.1, 0.15) is 39.0 Å². The monoisotopic (exact) mass is 187 g/mol. The summed E-state index contributed by atoms with van der Waals surface area (Å²) in [4.78, 5) is 21.5. The van der Waals surface area contributed by atoms with Gasteiger partial charge in [-0.05, 0) is 6.42 Å². The molecule has 0 fully saturated rings. The third-order valence-electron chi connectivity index (χ3n) is 1.68. The average molecular weight is 187 g/mol. The van der Waals surface area contributed by atoms with E-state index >= 15 is 0 Å². The van der Waals surface area contributed by atoms with Crippen LogP contribution < -0.4 is 5.32 Å². The van der Waals surface area contributed by atoms with Crippen LogP contribution in [0.4, 0.5) is 4.79 Å². The lowest BCUT2D eigenvalue weighted by Crippen LogP contribution is -2.29. The number of alkyl carbamates (subject to hydrolysis) is 1. The standard InChI is InChI=1S/C9H17NO3/c1-3-4-5-6-7-8(11)10-9(12)13-2/h3-7H2,1-2H3,(H,10,11,12). The van der Waals surface area contributed by atoms with Gasteiger partial charge in [-0.2, -0.15) is 0 Å². The number of ether oxygens (including phenoxy) is 1. The second-order valence-corrected chi connectivity index (χ2v) is 2.85. The Morgan fingerprint density at radius 3 is 2.46 bits per heavy atom. The summed E-state index contributed by atoms with van der Waals surface area (Å²) in [7, 11) is 1.24. The molecule has 1 N–H and O–H groups in total. The molecule has 0 radical (unpaired) electrons. The van der Waals surface area contributed by atoms with E-state index in [0.29, 0.717) is 6.42 Å². The lowest BCUT2D eigenvalue weighted by molar-refractivity contribution is -0.120. The number of unbranched alkanes of at least 4 members (excludes halogenated alkanes) is 3. The van der Waals surface area contributed by atoms with Crippen LogP contribution in [-0.4, -0.2) is 19.1 Å². The highest BCUT2D eigenvalue weighted by atomic mass is 16.5. The molecule has 0 rings (SSSR count). The van der Waals surface area contributed by atoms with Crippen LogP contribution in [0.25, 0.3) is 0 Å². The van der Waals surface area contributed by atoms with Crippen molar-refractivity contribution in [2.24, 2.45) is 0 Å². The fourth-order valence-corrected chi connectivity index (χ4v) is 0.940. The Hall–Kier alpha value is -1.06. The van der Waals surface area contributed by atoms with Crippen molar-refractivity contribution in [2.75, 3.05) is 7.11 Å². The van der Waals surface area contributed by atoms with Crippen molar-refractivity contribution in [1.82, 2.24) is 5.32 Å². The average Bonchev–Trinajstić information content (AvgIpc) is 2.12. The van der Waals surface area contributed by atoms with E-state index in [1.165, 1.54) is 7.11 Å². The second-order valence-electron chi connectivity index (χ2n) is 2.85. The Morgan fingerprint density at radius 1 is 1.23 bits per heavy atom. The van der Waals surface area contributed by atoms with Gasteiger partial charge in [-0.25, -0.2) is 4.79 Å². The summed E-state index contributed by atoms with van der Waals surface area (Å²) in [6, 6.07) is 0. The number of methoxy groups -OCH3 is 1. The highest BCUT2D eigenvalue weighted by Crippen LogP contribution is 2.01. The summed E-state index contributed by atoms with van der Waals surface area (Å²) in [6.45, 7) is 2.11. The molecule has 0 unspecified atom stereocenters. The van der Waals surface area contributed by atoms with Gasteiger partial charge in [0, 0.05) is 6.42 Å². The molecular weight excluding hydrogens is 170 g/mol. The van der Waals surface area contributed by atoms with E-state index in [1.54, 1.807) is 0 Å². The zero-order chi connectivity index (χ0) is 10.1. The molecule has 0 bridgehead atoms. The van der Waals surface area contributed by atoms with Crippen molar-refractivity contribution in [3.63, 3.8) is 0 Å². The molecular formula is C9H17NO3. The van der Waals surface area contributed by atoms with E-state index in [4.69, 9.17) is 0 Å². The number of rotatable bonds is 5. The topological polar surface area (TPSA) is 55.4 Å². The van der Waals surface area contributed by atoms with Crippen LogP contribution in [0.2, 0.25) is 0 Å². The Labute approximate surface area is 78.6 Å². The third kappa shape index (κ3) is 7.31. The van der Waals surface area contributed by atoms with Crippen LogP contribution in [0.5, 0.6) is 0 Å². The van der Waals surface area contributed by atoms with Crippen molar-refractivity contribution in [3.05, 3.63) is 0 Å². The maximum absolute atomic E-state index is 11.0. The molecule has 13 heavy (non-hydrogen) atoms. The number of carbonyl (C=O) groups excluding carboxylic acids is 2. The molecule has 0 saturated heterocycles. The molecule has 0 aromatic carbocycles. The summed E-state index contributed by atoms with van der Waals surface area (Å²) in [6.07, 6.45) is 3.85. The molecule has 0 heterocycles. The summed E-state index contributed by atoms with van der Waals surface area (Å²) >= 11 is 0. The maximum Gasteiger partial charge on any atom is 0.413 e. The molecule has 4 nitrogen and oxygen atoms in total. The fraction of sp³-hybridized carbons (Fsp3) is 0.778. The lowest BCUT2D eigenvalue weighted by Gasteiger charge is -2.01. The van der Waals surface area contributed by atoms with E-state index in [9.17, 15) is 9.59 Å². The quantitative estimate of drug-likeness (QED) is 0.668. The molecule has 0 aromatic rings. The molecule has 0 aromatic heterocycles. The highest BCUT2D eigenvalue weighted by molar-refractivity contribution is 5.91. The van der Waals surface area contributed by atoms with Crippen LogP contribution in [0.3, 0.4) is 0 Å². The van der Waals surface area contributed by atoms with E-state index in [-0.39, 0.29) is 5.91 Å². The Balaban J connectivity index is 3.35. The number of carbonyl (C=O) groups is 2. The first-order chi connectivity index (χ1) is 6.20. The molecule has 76 valence electrons. The normalized spacial score (nSPS) is 9.38. The van der Waals surface area contributed by atoms with Gasteiger partial charge in [-0.3, -0.25) is 10.1 Å². The van der Waals surface area contributed by atoms with Crippen molar-refractivity contribution in [2.45, 2.75) is 39.0 Å². The second kappa shape index (κ2) is 7.58. The van der Waals surface area contributed by atoms with Gasteiger partial charge in [0.15, 0.2) is 0 Å². The molecule has 0 aliphatic heterocycles. The number of hydrogen-bond donors (Lipinski definition) is 1. The van der Waals surface area contributed by atoms with E-state index in [1.807, 2.05) is 0 Å². The Morgan fingerprint density at radius 2 is 1.92 bits per heavy atom. The number of nitrogens with one attached hydrogen (secondary N) is 1. The Bertz CT molecular complexity index is 168. The van der Waals surface area contributed by atoms with Crippen LogP contribution in [0.15, 0.2) is 0 Å². The number of hydrogen-bond acceptors (Lipinski definition) is 3. The number of amides is 2. The van der Waals surface area contributed by atoms with Crippen molar-refractivity contribution < 1.29 is 14.3 Å². The van der Waals surface area contributed by atoms with Gasteiger partial charge < -0.3 is 4.74 Å². The molecule has 4 heteroatoms. The molecule has 2 amide bonds. The smallest absolute Gasteiger partial charge is 0.413 e. The largest absolute Gasteiger partial charge is 0.453 e. The van der Waals surface area contributed by atoms with Crippen LogP contribution in [0, 0.1) is 0 Å². The minimum Gasteiger partial charge on any atom is -0.453 e. The summed E-state index contributed by atoms with van der Waals surface area (Å²) in [5, 5.41) is 2.11. The van der Waals surface area contributed by atoms with E-state index in [2.05, 4.69) is 17.0 Å². The predicted molar refractivity (Wildman–Crippen MR) is 49.3 cm³/mol. The highest BCUT2D eigenvalue weighted by Gasteiger charge is 2.05. The van der Waals surface area contributed by atoms with Crippen LogP contribution >= 0.6 is 0 Å². The zero-order valence-electron chi connectivity index (χ0n) is 8.26. The van der Waals surface area contributed by atoms with Crippen LogP contribution in [-0.2, 0) is 9.53 Å². The fourth-order valence-electron chi connectivity index (χ4n) is 0.940. The first-order valence-corrected chi connectivity index (χ1v) is 4.58. The summed E-state index contributed by atoms with van der Waals surface area (Å²) in [5.74, 6) is -0.261. The molecule has 0 saturated carbocycles. The van der Waals surface area contributed by atoms with E-state index in [0.717, 1.165) is 25.7 Å². The summed E-state index contributed by atoms with van der Waals surface area (Å²) < 4.78 is 4.28. The van der Waals surface area contributed by atoms with Gasteiger partial charge in [0.2, 0.25) is 5.91 Å². The van der Waals surface area contributed by atoms with Crippen molar-refractivity contribution in [1.29, 1.82) is 0 Å². The van der Waals surface area contributed by atoms with Gasteiger partial charge in [-0.15, -0.1) is 0 Å². The third-order valence-corrected chi connectivity index (χ3v) is 1.68. The molecule has 0 atom stereocenters. The van der Waals surface area contributed by atoms with Crippen molar-refractivity contribution >= 4 is 12.0 Å². The number of imide groups is 1. The SMILES string of the molecule is CCCCCCC(=O)NC(=O)OC. The lowest BCUT2D eigenvalue weighted by atomic mass is 10.1. The van der Waals surface area contributed by atoms with Gasteiger partial charge >= 0.3 is 6.09 Å². The molecule has 0 aliphatic rings. The summed E-state index contributed by atoms with van der Waals surface area (Å²) in [5.41, 5.74) is 0.